The molecule has 0 bridgehead atoms. The molecule has 1 heterocycles. The number of sulfone groups is 1. The van der Waals surface area contributed by atoms with Crippen LogP contribution in [-0.2, 0) is 14.6 Å². The maximum atomic E-state index is 12.1. The van der Waals surface area contributed by atoms with Gasteiger partial charge in [0.2, 0.25) is 11.8 Å². The van der Waals surface area contributed by atoms with Crippen LogP contribution in [0.5, 0.6) is 0 Å². The van der Waals surface area contributed by atoms with Crippen LogP contribution < -0.4 is 5.32 Å². The highest BCUT2D eigenvalue weighted by molar-refractivity contribution is 7.91. The van der Waals surface area contributed by atoms with E-state index in [2.05, 4.69) is 10.3 Å². The quantitative estimate of drug-likeness (QED) is 0.710. The fourth-order valence-corrected chi connectivity index (χ4v) is 3.56. The lowest BCUT2D eigenvalue weighted by atomic mass is 10.1. The van der Waals surface area contributed by atoms with Crippen LogP contribution in [0, 0.1) is 12.8 Å². The number of anilines is 1. The second-order valence-electron chi connectivity index (χ2n) is 6.67. The number of rotatable bonds is 5. The van der Waals surface area contributed by atoms with Crippen molar-refractivity contribution >= 4 is 32.5 Å². The number of benzene rings is 2. The predicted molar refractivity (Wildman–Crippen MR) is 105 cm³/mol. The summed E-state index contributed by atoms with van der Waals surface area (Å²) >= 11 is 0. The third-order valence-corrected chi connectivity index (χ3v) is 6.18. The number of amides is 1. The Morgan fingerprint density at radius 2 is 1.96 bits per heavy atom. The van der Waals surface area contributed by atoms with E-state index in [-0.39, 0.29) is 22.5 Å². The van der Waals surface area contributed by atoms with Crippen LogP contribution in [0.3, 0.4) is 0 Å². The molecule has 0 fully saturated rings. The Morgan fingerprint density at radius 1 is 1.22 bits per heavy atom. The SMILES string of the molecule is CCS(=O)(=O)c1ccc2oc(-c3cccc(NC(=O)C(C)C)c3C)nc2c1. The smallest absolute Gasteiger partial charge is 0.227 e. The van der Waals surface area contributed by atoms with Crippen molar-refractivity contribution in [2.75, 3.05) is 11.1 Å². The molecule has 142 valence electrons. The van der Waals surface area contributed by atoms with Crippen molar-refractivity contribution in [3.8, 4) is 11.5 Å². The van der Waals surface area contributed by atoms with Gasteiger partial charge in [-0.2, -0.15) is 0 Å². The first-order chi connectivity index (χ1) is 12.7. The fraction of sp³-hybridized carbons (Fsp3) is 0.300. The van der Waals surface area contributed by atoms with Crippen molar-refractivity contribution in [2.45, 2.75) is 32.6 Å². The van der Waals surface area contributed by atoms with Gasteiger partial charge in [0.1, 0.15) is 5.52 Å². The average Bonchev–Trinajstić information content (AvgIpc) is 3.06. The largest absolute Gasteiger partial charge is 0.436 e. The first-order valence-electron chi connectivity index (χ1n) is 8.77. The molecular formula is C20H22N2O4S. The molecule has 0 saturated carbocycles. The first kappa shape index (κ1) is 19.1. The van der Waals surface area contributed by atoms with E-state index in [1.165, 1.54) is 12.1 Å². The molecule has 0 aliphatic carbocycles. The van der Waals surface area contributed by atoms with Gasteiger partial charge in [0.15, 0.2) is 15.4 Å². The lowest BCUT2D eigenvalue weighted by molar-refractivity contribution is -0.118. The predicted octanol–water partition coefficient (Wildman–Crippen LogP) is 4.19. The number of carbonyl (C=O) groups excluding carboxylic acids is 1. The third kappa shape index (κ3) is 3.73. The van der Waals surface area contributed by atoms with Crippen molar-refractivity contribution in [2.24, 2.45) is 5.92 Å². The summed E-state index contributed by atoms with van der Waals surface area (Å²) in [6, 6.07) is 10.2. The molecule has 2 aromatic carbocycles. The van der Waals surface area contributed by atoms with Gasteiger partial charge in [0.25, 0.3) is 0 Å². The molecule has 0 spiro atoms. The summed E-state index contributed by atoms with van der Waals surface area (Å²) in [7, 11) is -3.31. The van der Waals surface area contributed by atoms with E-state index in [0.717, 1.165) is 11.1 Å². The van der Waals surface area contributed by atoms with Gasteiger partial charge in [-0.25, -0.2) is 13.4 Å². The highest BCUT2D eigenvalue weighted by Gasteiger charge is 2.17. The van der Waals surface area contributed by atoms with Crippen LogP contribution in [0.1, 0.15) is 26.3 Å². The minimum Gasteiger partial charge on any atom is -0.436 e. The Labute approximate surface area is 158 Å². The molecule has 1 N–H and O–H groups in total. The van der Waals surface area contributed by atoms with Crippen LogP contribution in [0.25, 0.3) is 22.6 Å². The molecule has 1 aromatic heterocycles. The molecule has 3 aromatic rings. The molecule has 0 unspecified atom stereocenters. The zero-order valence-electron chi connectivity index (χ0n) is 15.7. The van der Waals surface area contributed by atoms with Crippen molar-refractivity contribution in [1.29, 1.82) is 0 Å². The van der Waals surface area contributed by atoms with E-state index >= 15 is 0 Å². The van der Waals surface area contributed by atoms with Gasteiger partial charge < -0.3 is 9.73 Å². The molecule has 7 heteroatoms. The minimum atomic E-state index is -3.31. The lowest BCUT2D eigenvalue weighted by Crippen LogP contribution is -2.18. The summed E-state index contributed by atoms with van der Waals surface area (Å²) < 4.78 is 30.0. The second kappa shape index (κ2) is 7.15. The van der Waals surface area contributed by atoms with Crippen LogP contribution >= 0.6 is 0 Å². The van der Waals surface area contributed by atoms with E-state index in [1.54, 1.807) is 13.0 Å². The Bertz CT molecular complexity index is 1110. The number of hydrogen-bond acceptors (Lipinski definition) is 5. The number of fused-ring (bicyclic) bond motifs is 1. The Balaban J connectivity index is 2.04. The summed E-state index contributed by atoms with van der Waals surface area (Å²) in [6.07, 6.45) is 0. The molecule has 0 radical (unpaired) electrons. The maximum absolute atomic E-state index is 12.1. The van der Waals surface area contributed by atoms with Gasteiger partial charge in [0, 0.05) is 17.2 Å². The van der Waals surface area contributed by atoms with Crippen molar-refractivity contribution in [3.63, 3.8) is 0 Å². The van der Waals surface area contributed by atoms with E-state index in [9.17, 15) is 13.2 Å². The minimum absolute atomic E-state index is 0.0277. The van der Waals surface area contributed by atoms with E-state index in [0.29, 0.717) is 22.7 Å². The van der Waals surface area contributed by atoms with E-state index in [4.69, 9.17) is 4.42 Å². The number of nitrogens with one attached hydrogen (secondary N) is 1. The number of carbonyl (C=O) groups is 1. The van der Waals surface area contributed by atoms with Gasteiger partial charge in [-0.1, -0.05) is 26.8 Å². The maximum Gasteiger partial charge on any atom is 0.227 e. The molecule has 27 heavy (non-hydrogen) atoms. The Kier molecular flexibility index (Phi) is 5.06. The van der Waals surface area contributed by atoms with E-state index in [1.807, 2.05) is 39.0 Å². The van der Waals surface area contributed by atoms with E-state index < -0.39 is 9.84 Å². The van der Waals surface area contributed by atoms with Gasteiger partial charge in [-0.05, 0) is 42.8 Å². The standard InChI is InChI=1S/C20H22N2O4S/c1-5-27(24,25)14-9-10-18-17(11-14)22-20(26-18)15-7-6-8-16(13(15)4)21-19(23)12(2)3/h6-12H,5H2,1-4H3,(H,21,23). The van der Waals surface area contributed by atoms with Crippen molar-refractivity contribution in [1.82, 2.24) is 4.98 Å². The zero-order chi connectivity index (χ0) is 19.8. The van der Waals surface area contributed by atoms with Gasteiger partial charge in [-0.3, -0.25) is 4.79 Å². The number of hydrogen-bond donors (Lipinski definition) is 1. The van der Waals surface area contributed by atoms with Gasteiger partial charge in [-0.15, -0.1) is 0 Å². The molecule has 0 atom stereocenters. The normalized spacial score (nSPS) is 11.9. The van der Waals surface area contributed by atoms with Crippen LogP contribution in [0.4, 0.5) is 5.69 Å². The number of aromatic nitrogens is 1. The van der Waals surface area contributed by atoms with Gasteiger partial charge >= 0.3 is 0 Å². The van der Waals surface area contributed by atoms with Crippen LogP contribution in [0.15, 0.2) is 45.7 Å². The van der Waals surface area contributed by atoms with Crippen LogP contribution in [-0.4, -0.2) is 25.1 Å². The lowest BCUT2D eigenvalue weighted by Gasteiger charge is -2.12. The summed E-state index contributed by atoms with van der Waals surface area (Å²) in [5, 5.41) is 2.90. The Hall–Kier alpha value is -2.67. The molecule has 3 rings (SSSR count). The molecule has 1 amide bonds. The second-order valence-corrected chi connectivity index (χ2v) is 8.95. The zero-order valence-corrected chi connectivity index (χ0v) is 16.6. The summed E-state index contributed by atoms with van der Waals surface area (Å²) in [6.45, 7) is 7.15. The first-order valence-corrected chi connectivity index (χ1v) is 10.4. The fourth-order valence-electron chi connectivity index (χ4n) is 2.66. The van der Waals surface area contributed by atoms with Crippen molar-refractivity contribution in [3.05, 3.63) is 42.0 Å². The monoisotopic (exact) mass is 386 g/mol. The highest BCUT2D eigenvalue weighted by atomic mass is 32.2. The molecule has 0 aliphatic heterocycles. The molecule has 6 nitrogen and oxygen atoms in total. The molecular weight excluding hydrogens is 364 g/mol. The summed E-state index contributed by atoms with van der Waals surface area (Å²) in [4.78, 5) is 16.7. The van der Waals surface area contributed by atoms with Crippen LogP contribution in [0.2, 0.25) is 0 Å². The van der Waals surface area contributed by atoms with Crippen molar-refractivity contribution < 1.29 is 17.6 Å². The molecule has 0 saturated heterocycles. The van der Waals surface area contributed by atoms with Gasteiger partial charge in [0.05, 0.1) is 10.6 Å². The molecule has 0 aliphatic rings. The number of nitrogens with zero attached hydrogens (tertiary/aromatic N) is 1. The topological polar surface area (TPSA) is 89.3 Å². The third-order valence-electron chi connectivity index (χ3n) is 4.44. The number of oxazole rings is 1. The Morgan fingerprint density at radius 3 is 2.63 bits per heavy atom. The highest BCUT2D eigenvalue weighted by Crippen LogP contribution is 2.31. The average molecular weight is 386 g/mol. The summed E-state index contributed by atoms with van der Waals surface area (Å²) in [5.74, 6) is 0.215. The summed E-state index contributed by atoms with van der Waals surface area (Å²) in [5.41, 5.74) is 3.27.